The Balaban J connectivity index is 0.00000461. The van der Waals surface area contributed by atoms with E-state index < -0.39 is 18.2 Å². The van der Waals surface area contributed by atoms with Crippen molar-refractivity contribution in [1.29, 1.82) is 0 Å². The van der Waals surface area contributed by atoms with Gasteiger partial charge in [-0.25, -0.2) is 14.9 Å². The molecule has 0 aliphatic carbocycles. The first kappa shape index (κ1) is 35.0. The molecule has 0 aliphatic heterocycles. The number of fused-ring (bicyclic) bond motifs is 1. The number of unbranched alkanes of at least 4 members (excludes halogenated alkanes) is 1. The summed E-state index contributed by atoms with van der Waals surface area (Å²) in [5.74, 6) is -0.660. The number of benzene rings is 2. The van der Waals surface area contributed by atoms with Crippen LogP contribution in [0.1, 0.15) is 69.3 Å². The summed E-state index contributed by atoms with van der Waals surface area (Å²) in [4.78, 5) is 30.5. The number of carbonyl (C=O) groups is 2. The third kappa shape index (κ3) is 7.75. The molecule has 5 aromatic rings. The van der Waals surface area contributed by atoms with Crippen LogP contribution in [0.3, 0.4) is 0 Å². The van der Waals surface area contributed by atoms with Crippen molar-refractivity contribution in [2.45, 2.75) is 66.7 Å². The molecule has 0 spiro atoms. The number of esters is 2. The molecule has 13 heteroatoms. The number of rotatable bonds is 12. The Labute approximate surface area is 309 Å². The smallest absolute Gasteiger partial charge is 0.425 e. The number of aromatic nitrogens is 7. The average molecular weight is 656 g/mol. The standard InChI is InChI=1S/C32H35ClN7O4.K/c1-6-7-15-26-34-28(33)27(31(42)44-32(20(4)5)43-30(41)19(2)3)40(26)18-21-11-10-14-24-22(21)16-17-39(24)25-13-9-8-12-23(25)29-35-37-38-36-29;/h8-14,16-17,19-20,32H,6-7,15,18H2,1-5H3;/q-1;+1. The summed E-state index contributed by atoms with van der Waals surface area (Å²) in [6.45, 7) is 9.50. The molecule has 0 amide bonds. The molecular weight excluding hydrogens is 621 g/mol. The monoisotopic (exact) mass is 655 g/mol. The molecule has 0 N–H and O–H groups in total. The number of halogens is 1. The average Bonchev–Trinajstić information content (AvgIpc) is 3.75. The minimum absolute atomic E-state index is 0. The van der Waals surface area contributed by atoms with Crippen molar-refractivity contribution in [3.05, 3.63) is 77.0 Å². The summed E-state index contributed by atoms with van der Waals surface area (Å²) in [7, 11) is 0. The molecule has 3 heterocycles. The number of para-hydroxylation sites is 1. The Kier molecular flexibility index (Phi) is 12.1. The Morgan fingerprint density at radius 3 is 2.49 bits per heavy atom. The molecular formula is C32H35ClKN7O4. The van der Waals surface area contributed by atoms with E-state index in [0.29, 0.717) is 24.6 Å². The molecule has 0 radical (unpaired) electrons. The van der Waals surface area contributed by atoms with Gasteiger partial charge in [-0.15, -0.1) is 0 Å². The number of aryl methyl sites for hydroxylation is 1. The Morgan fingerprint density at radius 1 is 1.02 bits per heavy atom. The third-order valence-corrected chi connectivity index (χ3v) is 7.56. The van der Waals surface area contributed by atoms with Crippen LogP contribution < -0.4 is 56.6 Å². The Bertz CT molecular complexity index is 1760. The van der Waals surface area contributed by atoms with Crippen molar-refractivity contribution in [3.8, 4) is 17.1 Å². The number of tetrazole rings is 1. The first-order valence-electron chi connectivity index (χ1n) is 14.7. The molecule has 0 aliphatic rings. The van der Waals surface area contributed by atoms with Crippen molar-refractivity contribution in [2.75, 3.05) is 0 Å². The molecule has 0 saturated heterocycles. The van der Waals surface area contributed by atoms with Crippen LogP contribution in [0.15, 0.2) is 54.7 Å². The second-order valence-electron chi connectivity index (χ2n) is 11.2. The van der Waals surface area contributed by atoms with E-state index in [0.717, 1.165) is 40.6 Å². The van der Waals surface area contributed by atoms with Crippen LogP contribution >= 0.6 is 11.6 Å². The fraction of sp³-hybridized carbons (Fsp3) is 0.375. The van der Waals surface area contributed by atoms with Crippen molar-refractivity contribution in [1.82, 2.24) is 34.7 Å². The Morgan fingerprint density at radius 2 is 1.80 bits per heavy atom. The maximum absolute atomic E-state index is 13.6. The first-order chi connectivity index (χ1) is 21.2. The van der Waals surface area contributed by atoms with E-state index in [-0.39, 0.29) is 74.1 Å². The minimum atomic E-state index is -1.06. The van der Waals surface area contributed by atoms with Gasteiger partial charge in [0.05, 0.1) is 29.5 Å². The Hall–Kier alpha value is -2.87. The molecule has 3 aromatic heterocycles. The summed E-state index contributed by atoms with van der Waals surface area (Å²) in [6, 6.07) is 15.8. The first-order valence-corrected chi connectivity index (χ1v) is 15.1. The van der Waals surface area contributed by atoms with Gasteiger partial charge in [0.2, 0.25) is 6.29 Å². The van der Waals surface area contributed by atoms with Crippen LogP contribution in [0.25, 0.3) is 28.0 Å². The van der Waals surface area contributed by atoms with Gasteiger partial charge in [-0.3, -0.25) is 15.2 Å². The zero-order valence-electron chi connectivity index (χ0n) is 26.4. The summed E-state index contributed by atoms with van der Waals surface area (Å²) in [6.07, 6.45) is 3.37. The van der Waals surface area contributed by atoms with Gasteiger partial charge in [-0.05, 0) is 30.2 Å². The van der Waals surface area contributed by atoms with Crippen LogP contribution in [0, 0.1) is 11.8 Å². The van der Waals surface area contributed by atoms with E-state index in [9.17, 15) is 9.59 Å². The number of ether oxygens (including phenoxy) is 2. The van der Waals surface area contributed by atoms with Crippen molar-refractivity contribution in [3.63, 3.8) is 0 Å². The van der Waals surface area contributed by atoms with E-state index in [1.165, 1.54) is 0 Å². The summed E-state index contributed by atoms with van der Waals surface area (Å²) < 4.78 is 15.1. The van der Waals surface area contributed by atoms with Gasteiger partial charge < -0.3 is 23.7 Å². The summed E-state index contributed by atoms with van der Waals surface area (Å²) >= 11 is 6.61. The number of hydrogen-bond donors (Lipinski definition) is 0. The predicted octanol–water partition coefficient (Wildman–Crippen LogP) is 3.02. The quantitative estimate of drug-likeness (QED) is 0.113. The van der Waals surface area contributed by atoms with E-state index in [4.69, 9.17) is 21.1 Å². The number of nitrogens with zero attached hydrogens (tertiary/aromatic N) is 7. The SMILES string of the molecule is CCCCc1nc(Cl)c(C(=O)OC(OC(=O)C(C)C)C(C)C)n1Cc1cccc2c1ccn2-c1ccccc1-c1nn[n-]n1.[K+]. The van der Waals surface area contributed by atoms with Crippen molar-refractivity contribution < 1.29 is 70.4 Å². The second kappa shape index (κ2) is 15.6. The molecule has 230 valence electrons. The normalized spacial score (nSPS) is 12.0. The summed E-state index contributed by atoms with van der Waals surface area (Å²) in [5.41, 5.74) is 3.71. The fourth-order valence-electron chi connectivity index (χ4n) is 4.94. The van der Waals surface area contributed by atoms with Gasteiger partial charge in [-0.2, -0.15) is 0 Å². The number of hydrogen-bond acceptors (Lipinski definition) is 8. The topological polar surface area (TPSA) is 128 Å². The molecule has 0 saturated carbocycles. The molecule has 0 bridgehead atoms. The largest absolute Gasteiger partial charge is 1.00 e. The van der Waals surface area contributed by atoms with Crippen molar-refractivity contribution in [2.24, 2.45) is 11.8 Å². The van der Waals surface area contributed by atoms with E-state index in [2.05, 4.69) is 37.1 Å². The maximum atomic E-state index is 13.6. The van der Waals surface area contributed by atoms with Crippen molar-refractivity contribution >= 4 is 34.4 Å². The van der Waals surface area contributed by atoms with Gasteiger partial charge in [0.25, 0.3) is 0 Å². The third-order valence-electron chi connectivity index (χ3n) is 7.30. The van der Waals surface area contributed by atoms with E-state index in [1.54, 1.807) is 13.8 Å². The van der Waals surface area contributed by atoms with Gasteiger partial charge in [0.15, 0.2) is 10.8 Å². The molecule has 2 aromatic carbocycles. The molecule has 1 unspecified atom stereocenters. The minimum Gasteiger partial charge on any atom is -0.425 e. The van der Waals surface area contributed by atoms with Crippen LogP contribution in [0.5, 0.6) is 0 Å². The van der Waals surface area contributed by atoms with Gasteiger partial charge >= 0.3 is 63.3 Å². The van der Waals surface area contributed by atoms with E-state index >= 15 is 0 Å². The molecule has 0 fully saturated rings. The van der Waals surface area contributed by atoms with Crippen LogP contribution in [-0.4, -0.2) is 47.8 Å². The molecule has 1 atom stereocenters. The zero-order chi connectivity index (χ0) is 31.4. The molecule has 11 nitrogen and oxygen atoms in total. The maximum Gasteiger partial charge on any atom is 1.00 e. The number of carbonyl (C=O) groups excluding carboxylic acids is 2. The fourth-order valence-corrected chi connectivity index (χ4v) is 5.22. The summed E-state index contributed by atoms with van der Waals surface area (Å²) in [5, 5.41) is 16.4. The second-order valence-corrected chi connectivity index (χ2v) is 11.6. The zero-order valence-corrected chi connectivity index (χ0v) is 30.3. The van der Waals surface area contributed by atoms with E-state index in [1.807, 2.05) is 73.1 Å². The molecule has 45 heavy (non-hydrogen) atoms. The van der Waals surface area contributed by atoms with Crippen LogP contribution in [-0.2, 0) is 27.2 Å². The van der Waals surface area contributed by atoms with Gasteiger partial charge in [-0.1, -0.05) is 83.0 Å². The number of imidazole rings is 1. The molecule has 5 rings (SSSR count). The predicted molar refractivity (Wildman–Crippen MR) is 165 cm³/mol. The van der Waals surface area contributed by atoms with Crippen LogP contribution in [0.2, 0.25) is 5.15 Å². The van der Waals surface area contributed by atoms with Gasteiger partial charge in [0.1, 0.15) is 5.82 Å². The van der Waals surface area contributed by atoms with Crippen LogP contribution in [0.4, 0.5) is 0 Å². The van der Waals surface area contributed by atoms with Gasteiger partial charge in [0, 0.05) is 29.5 Å².